The van der Waals surface area contributed by atoms with Gasteiger partial charge in [-0.1, -0.05) is 33.6 Å². The molecule has 0 aromatic heterocycles. The van der Waals surface area contributed by atoms with Crippen molar-refractivity contribution in [2.45, 2.75) is 96.9 Å². The van der Waals surface area contributed by atoms with E-state index in [1.807, 2.05) is 55.6 Å². The number of unbranched alkanes of at least 4 members (excludes halogenated alkanes) is 3. The number of nitrogens with one attached hydrogen (secondary N) is 2. The van der Waals surface area contributed by atoms with Crippen molar-refractivity contribution < 1.29 is 23.9 Å². The number of amides is 3. The average Bonchev–Trinajstić information content (AvgIpc) is 3.08. The minimum atomic E-state index is -0.569. The molecule has 0 aromatic carbocycles. The molecule has 0 bridgehead atoms. The van der Waals surface area contributed by atoms with E-state index in [2.05, 4.69) is 10.6 Å². The molecule has 214 valence electrons. The number of rotatable bonds is 17. The molecular formula is C27H50N4O5S. The second-order valence-corrected chi connectivity index (χ2v) is 13.1. The van der Waals surface area contributed by atoms with E-state index in [-0.39, 0.29) is 41.9 Å². The lowest BCUT2D eigenvalue weighted by molar-refractivity contribution is -0.143. The maximum absolute atomic E-state index is 12.7. The van der Waals surface area contributed by atoms with Crippen molar-refractivity contribution >= 4 is 35.3 Å². The van der Waals surface area contributed by atoms with Gasteiger partial charge in [-0.2, -0.15) is 0 Å². The van der Waals surface area contributed by atoms with E-state index in [1.165, 1.54) is 4.90 Å². The number of likely N-dealkylation sites (N-methyl/N-ethyl adjacent to an activating group) is 2. The number of ether oxygens (including phenoxy) is 1. The zero-order valence-corrected chi connectivity index (χ0v) is 25.1. The fraction of sp³-hybridized carbons (Fsp3) is 0.852. The van der Waals surface area contributed by atoms with Gasteiger partial charge in [0.2, 0.25) is 17.7 Å². The first-order valence-electron chi connectivity index (χ1n) is 13.4. The van der Waals surface area contributed by atoms with E-state index in [4.69, 9.17) is 4.74 Å². The molecule has 10 heteroatoms. The second kappa shape index (κ2) is 15.8. The highest BCUT2D eigenvalue weighted by Gasteiger charge is 2.44. The van der Waals surface area contributed by atoms with Gasteiger partial charge < -0.3 is 15.4 Å². The molecule has 1 fully saturated rings. The first-order valence-corrected chi connectivity index (χ1v) is 14.5. The fourth-order valence-electron chi connectivity index (χ4n) is 3.98. The lowest BCUT2D eigenvalue weighted by atomic mass is 9.86. The standard InChI is InChI=1S/C27H50N4O5S/c1-26(2,3)22(32)17-20(24(34)29-14-13-28-7)30(8)19-36-15-11-9-10-12-16-37-21-18-23(33)31(25(21)35)27(4,5)6/h20-21,28H,9-19H2,1-8H3,(H,29,34). The summed E-state index contributed by atoms with van der Waals surface area (Å²) in [5, 5.41) is 5.64. The minimum absolute atomic E-state index is 0.0424. The summed E-state index contributed by atoms with van der Waals surface area (Å²) in [5.41, 5.74) is -0.966. The van der Waals surface area contributed by atoms with Crippen molar-refractivity contribution in [2.75, 3.05) is 46.3 Å². The maximum Gasteiger partial charge on any atom is 0.243 e. The predicted octanol–water partition coefficient (Wildman–Crippen LogP) is 2.82. The van der Waals surface area contributed by atoms with Crippen molar-refractivity contribution in [3.63, 3.8) is 0 Å². The highest BCUT2D eigenvalue weighted by molar-refractivity contribution is 8.00. The Bertz CT molecular complexity index is 763. The average molecular weight is 543 g/mol. The molecule has 0 saturated carbocycles. The number of ketones is 1. The van der Waals surface area contributed by atoms with Gasteiger partial charge in [-0.05, 0) is 53.5 Å². The first-order chi connectivity index (χ1) is 17.2. The molecule has 0 aromatic rings. The van der Waals surface area contributed by atoms with Crippen LogP contribution in [0, 0.1) is 5.41 Å². The van der Waals surface area contributed by atoms with Gasteiger partial charge in [-0.3, -0.25) is 29.0 Å². The van der Waals surface area contributed by atoms with Gasteiger partial charge in [0, 0.05) is 43.5 Å². The molecule has 2 atom stereocenters. The van der Waals surface area contributed by atoms with E-state index < -0.39 is 17.0 Å². The number of Topliss-reactive ketones (excluding diaryl/α,β-unsaturated/α-hetero) is 1. The van der Waals surface area contributed by atoms with Crippen molar-refractivity contribution in [1.29, 1.82) is 0 Å². The predicted molar refractivity (Wildman–Crippen MR) is 149 cm³/mol. The van der Waals surface area contributed by atoms with E-state index in [9.17, 15) is 19.2 Å². The lowest BCUT2D eigenvalue weighted by Gasteiger charge is -2.30. The Hall–Kier alpha value is -1.49. The van der Waals surface area contributed by atoms with Crippen molar-refractivity contribution in [2.24, 2.45) is 5.41 Å². The molecule has 0 radical (unpaired) electrons. The largest absolute Gasteiger partial charge is 0.366 e. The highest BCUT2D eigenvalue weighted by atomic mass is 32.2. The number of hydrogen-bond acceptors (Lipinski definition) is 8. The summed E-state index contributed by atoms with van der Waals surface area (Å²) >= 11 is 1.59. The molecule has 0 spiro atoms. The van der Waals surface area contributed by atoms with Crippen LogP contribution < -0.4 is 10.6 Å². The van der Waals surface area contributed by atoms with Crippen LogP contribution in [0.2, 0.25) is 0 Å². The molecule has 0 aliphatic carbocycles. The quantitative estimate of drug-likeness (QED) is 0.164. The molecule has 2 N–H and O–H groups in total. The summed E-state index contributed by atoms with van der Waals surface area (Å²) in [6.07, 6.45) is 4.37. The van der Waals surface area contributed by atoms with Gasteiger partial charge in [0.25, 0.3) is 0 Å². The molecule has 3 amide bonds. The smallest absolute Gasteiger partial charge is 0.243 e. The third-order valence-corrected chi connectivity index (χ3v) is 7.59. The van der Waals surface area contributed by atoms with E-state index >= 15 is 0 Å². The summed E-state index contributed by atoms with van der Waals surface area (Å²) < 4.78 is 5.81. The Morgan fingerprint density at radius 1 is 1.08 bits per heavy atom. The third-order valence-electron chi connectivity index (χ3n) is 6.30. The van der Waals surface area contributed by atoms with Crippen LogP contribution in [0.4, 0.5) is 0 Å². The van der Waals surface area contributed by atoms with Crippen LogP contribution in [0.25, 0.3) is 0 Å². The Kier molecular flexibility index (Phi) is 14.3. The number of likely N-dealkylation sites (tertiary alicyclic amines) is 1. The summed E-state index contributed by atoms with van der Waals surface area (Å²) in [6, 6.07) is -0.569. The van der Waals surface area contributed by atoms with Gasteiger partial charge in [-0.15, -0.1) is 11.8 Å². The summed E-state index contributed by atoms with van der Waals surface area (Å²) in [4.78, 5) is 53.3. The summed E-state index contributed by atoms with van der Waals surface area (Å²) in [5.74, 6) is 0.610. The van der Waals surface area contributed by atoms with Crippen LogP contribution in [-0.4, -0.2) is 96.4 Å². The Balaban J connectivity index is 2.31. The van der Waals surface area contributed by atoms with Gasteiger partial charge in [-0.25, -0.2) is 0 Å². The van der Waals surface area contributed by atoms with Gasteiger partial charge in [0.15, 0.2) is 0 Å². The number of carbonyl (C=O) groups excluding carboxylic acids is 4. The number of imide groups is 1. The van der Waals surface area contributed by atoms with E-state index in [1.54, 1.807) is 16.7 Å². The van der Waals surface area contributed by atoms with Crippen LogP contribution in [0.3, 0.4) is 0 Å². The molecule has 9 nitrogen and oxygen atoms in total. The van der Waals surface area contributed by atoms with E-state index in [0.29, 0.717) is 26.1 Å². The Morgan fingerprint density at radius 2 is 1.73 bits per heavy atom. The zero-order chi connectivity index (χ0) is 28.2. The minimum Gasteiger partial charge on any atom is -0.366 e. The highest BCUT2D eigenvalue weighted by Crippen LogP contribution is 2.31. The molecule has 37 heavy (non-hydrogen) atoms. The normalized spacial score (nSPS) is 17.5. The number of nitrogens with zero attached hydrogens (tertiary/aromatic N) is 2. The summed E-state index contributed by atoms with van der Waals surface area (Å²) in [7, 11) is 3.63. The SMILES string of the molecule is CNCCNC(=O)C(CC(=O)C(C)(C)C)N(C)COCCCCCCSC1CC(=O)N(C(C)(C)C)C1=O. The van der Waals surface area contributed by atoms with Gasteiger partial charge in [0.05, 0.1) is 18.0 Å². The van der Waals surface area contributed by atoms with Crippen LogP contribution in [0.5, 0.6) is 0 Å². The molecule has 1 aliphatic rings. The number of carbonyl (C=O) groups is 4. The molecular weight excluding hydrogens is 492 g/mol. The number of thioether (sulfide) groups is 1. The maximum atomic E-state index is 12.7. The molecule has 1 saturated heterocycles. The van der Waals surface area contributed by atoms with Crippen LogP contribution in [-0.2, 0) is 23.9 Å². The Labute approximate surface area is 228 Å². The van der Waals surface area contributed by atoms with Crippen molar-refractivity contribution in [3.8, 4) is 0 Å². The van der Waals surface area contributed by atoms with E-state index in [0.717, 1.165) is 31.4 Å². The van der Waals surface area contributed by atoms with Crippen LogP contribution in [0.1, 0.15) is 80.1 Å². The third kappa shape index (κ3) is 11.8. The van der Waals surface area contributed by atoms with Crippen LogP contribution >= 0.6 is 11.8 Å². The van der Waals surface area contributed by atoms with Crippen molar-refractivity contribution in [1.82, 2.24) is 20.4 Å². The molecule has 1 aliphatic heterocycles. The second-order valence-electron chi connectivity index (χ2n) is 11.8. The Morgan fingerprint density at radius 3 is 2.30 bits per heavy atom. The fourth-order valence-corrected chi connectivity index (χ4v) is 5.15. The summed E-state index contributed by atoms with van der Waals surface area (Å²) in [6.45, 7) is 13.3. The topological polar surface area (TPSA) is 108 Å². The van der Waals surface area contributed by atoms with Gasteiger partial charge in [0.1, 0.15) is 5.78 Å². The molecule has 1 heterocycles. The van der Waals surface area contributed by atoms with Gasteiger partial charge >= 0.3 is 0 Å². The zero-order valence-electron chi connectivity index (χ0n) is 24.3. The number of hydrogen-bond donors (Lipinski definition) is 2. The van der Waals surface area contributed by atoms with Crippen molar-refractivity contribution in [3.05, 3.63) is 0 Å². The molecule has 1 rings (SSSR count). The monoisotopic (exact) mass is 542 g/mol. The lowest BCUT2D eigenvalue weighted by Crippen LogP contribution is -2.49. The molecule has 2 unspecified atom stereocenters. The van der Waals surface area contributed by atoms with Crippen LogP contribution in [0.15, 0.2) is 0 Å². The first kappa shape index (κ1) is 33.5.